The average molecular weight is 193 g/mol. The third kappa shape index (κ3) is 4.61. The number of hydrogen-bond donors (Lipinski definition) is 0. The first kappa shape index (κ1) is 11.5. The normalized spacial score (nSPS) is 16.1. The maximum atomic E-state index is 2.45. The highest BCUT2D eigenvalue weighted by molar-refractivity contribution is 5.17. The van der Waals surface area contributed by atoms with E-state index in [0.29, 0.717) is 0 Å². The smallest absolute Gasteiger partial charge is 0.00156 e. The van der Waals surface area contributed by atoms with E-state index in [1.165, 1.54) is 45.2 Å². The predicted octanol–water partition coefficient (Wildman–Crippen LogP) is 3.38. The van der Waals surface area contributed by atoms with Crippen LogP contribution in [0, 0.1) is 0 Å². The summed E-state index contributed by atoms with van der Waals surface area (Å²) in [6, 6.07) is 0. The average Bonchev–Trinajstić information content (AvgIpc) is 2.25. The van der Waals surface area contributed by atoms with Crippen LogP contribution < -0.4 is 0 Å². The van der Waals surface area contributed by atoms with Crippen LogP contribution in [0.5, 0.6) is 0 Å². The zero-order valence-corrected chi connectivity index (χ0v) is 9.63. The second kappa shape index (κ2) is 6.83. The summed E-state index contributed by atoms with van der Waals surface area (Å²) < 4.78 is 0. The Morgan fingerprint density at radius 2 is 2.21 bits per heavy atom. The number of unbranched alkanes of at least 4 members (excludes halogenated alkanes) is 1. The second-order valence-electron chi connectivity index (χ2n) is 4.20. The van der Waals surface area contributed by atoms with E-state index in [0.717, 1.165) is 0 Å². The van der Waals surface area contributed by atoms with Crippen LogP contribution in [0.25, 0.3) is 0 Å². The van der Waals surface area contributed by atoms with E-state index in [2.05, 4.69) is 37.1 Å². The highest BCUT2D eigenvalue weighted by atomic mass is 15.1. The molecule has 1 nitrogen and oxygen atoms in total. The monoisotopic (exact) mass is 193 g/mol. The molecule has 0 unspecified atom stereocenters. The van der Waals surface area contributed by atoms with Gasteiger partial charge >= 0.3 is 0 Å². The number of allylic oxidation sites excluding steroid dienone is 3. The van der Waals surface area contributed by atoms with Crippen molar-refractivity contribution in [3.8, 4) is 0 Å². The first-order valence-electron chi connectivity index (χ1n) is 5.86. The Bertz CT molecular complexity index is 203. The third-order valence-electron chi connectivity index (χ3n) is 2.81. The van der Waals surface area contributed by atoms with Crippen molar-refractivity contribution in [2.75, 3.05) is 20.1 Å². The summed E-state index contributed by atoms with van der Waals surface area (Å²) in [4.78, 5) is 2.45. The zero-order valence-electron chi connectivity index (χ0n) is 9.63. The highest BCUT2D eigenvalue weighted by Crippen LogP contribution is 2.15. The maximum Gasteiger partial charge on any atom is 0.00156 e. The van der Waals surface area contributed by atoms with Gasteiger partial charge in [-0.15, -0.1) is 0 Å². The topological polar surface area (TPSA) is 3.24 Å². The first-order valence-corrected chi connectivity index (χ1v) is 5.86. The molecule has 0 fully saturated rings. The number of hydrogen-bond acceptors (Lipinski definition) is 1. The molecule has 0 aliphatic heterocycles. The Morgan fingerprint density at radius 1 is 1.36 bits per heavy atom. The molecule has 0 N–H and O–H groups in total. The molecule has 0 saturated heterocycles. The maximum absolute atomic E-state index is 2.45. The minimum absolute atomic E-state index is 1.22. The molecule has 0 saturated carbocycles. The highest BCUT2D eigenvalue weighted by Gasteiger charge is 2.02. The molecular formula is C13H23N. The Labute approximate surface area is 88.5 Å². The molecule has 0 aromatic carbocycles. The van der Waals surface area contributed by atoms with Gasteiger partial charge in [-0.2, -0.15) is 0 Å². The first-order chi connectivity index (χ1) is 6.83. The summed E-state index contributed by atoms with van der Waals surface area (Å²) in [5.41, 5.74) is 1.62. The van der Waals surface area contributed by atoms with Crippen LogP contribution in [0.15, 0.2) is 23.8 Å². The Balaban J connectivity index is 2.12. The molecule has 1 heteroatoms. The van der Waals surface area contributed by atoms with Crippen LogP contribution in [0.2, 0.25) is 0 Å². The van der Waals surface area contributed by atoms with E-state index in [-0.39, 0.29) is 0 Å². The number of rotatable bonds is 6. The van der Waals surface area contributed by atoms with E-state index in [1.54, 1.807) is 5.57 Å². The standard InChI is InChI=1S/C13H23N/c1-3-4-11-14(2)12-10-13-8-6-5-7-9-13/h5-6,8H,3-4,7,9-12H2,1-2H3. The lowest BCUT2D eigenvalue weighted by molar-refractivity contribution is 0.330. The van der Waals surface area contributed by atoms with E-state index in [1.807, 2.05) is 0 Å². The van der Waals surface area contributed by atoms with E-state index >= 15 is 0 Å². The van der Waals surface area contributed by atoms with Crippen LogP contribution in [0.3, 0.4) is 0 Å². The van der Waals surface area contributed by atoms with Gasteiger partial charge in [-0.05, 0) is 39.3 Å². The Morgan fingerprint density at radius 3 is 2.86 bits per heavy atom. The molecule has 0 atom stereocenters. The molecule has 14 heavy (non-hydrogen) atoms. The number of nitrogens with zero attached hydrogens (tertiary/aromatic N) is 1. The largest absolute Gasteiger partial charge is 0.306 e. The lowest BCUT2D eigenvalue weighted by Crippen LogP contribution is -2.21. The van der Waals surface area contributed by atoms with Crippen molar-refractivity contribution in [2.24, 2.45) is 0 Å². The van der Waals surface area contributed by atoms with Gasteiger partial charge in [0.2, 0.25) is 0 Å². The van der Waals surface area contributed by atoms with Crippen molar-refractivity contribution in [2.45, 2.75) is 39.0 Å². The van der Waals surface area contributed by atoms with Gasteiger partial charge in [0.05, 0.1) is 0 Å². The summed E-state index contributed by atoms with van der Waals surface area (Å²) >= 11 is 0. The molecule has 80 valence electrons. The molecular weight excluding hydrogens is 170 g/mol. The Hall–Kier alpha value is -0.560. The molecule has 0 aromatic heterocycles. The molecule has 1 aliphatic rings. The predicted molar refractivity (Wildman–Crippen MR) is 63.5 cm³/mol. The molecule has 0 bridgehead atoms. The summed E-state index contributed by atoms with van der Waals surface area (Å²) in [5.74, 6) is 0. The van der Waals surface area contributed by atoms with Gasteiger partial charge in [-0.1, -0.05) is 37.1 Å². The fourth-order valence-corrected chi connectivity index (χ4v) is 1.74. The van der Waals surface area contributed by atoms with Crippen molar-refractivity contribution in [1.29, 1.82) is 0 Å². The van der Waals surface area contributed by atoms with Gasteiger partial charge in [0.15, 0.2) is 0 Å². The minimum Gasteiger partial charge on any atom is -0.306 e. The molecule has 1 rings (SSSR count). The molecule has 0 spiro atoms. The van der Waals surface area contributed by atoms with Crippen molar-refractivity contribution < 1.29 is 0 Å². The fourth-order valence-electron chi connectivity index (χ4n) is 1.74. The van der Waals surface area contributed by atoms with Gasteiger partial charge in [-0.25, -0.2) is 0 Å². The quantitative estimate of drug-likeness (QED) is 0.625. The molecule has 0 heterocycles. The summed E-state index contributed by atoms with van der Waals surface area (Å²) in [5, 5.41) is 0. The van der Waals surface area contributed by atoms with Gasteiger partial charge in [0.1, 0.15) is 0 Å². The summed E-state index contributed by atoms with van der Waals surface area (Å²) in [7, 11) is 2.23. The van der Waals surface area contributed by atoms with Crippen LogP contribution in [0.1, 0.15) is 39.0 Å². The SMILES string of the molecule is CCCCN(C)CCC1=CC=CCC1. The van der Waals surface area contributed by atoms with Gasteiger partial charge in [-0.3, -0.25) is 0 Å². The van der Waals surface area contributed by atoms with Crippen molar-refractivity contribution in [3.05, 3.63) is 23.8 Å². The van der Waals surface area contributed by atoms with Crippen molar-refractivity contribution in [3.63, 3.8) is 0 Å². The molecule has 1 aliphatic carbocycles. The summed E-state index contributed by atoms with van der Waals surface area (Å²) in [6.07, 6.45) is 13.1. The van der Waals surface area contributed by atoms with Gasteiger partial charge in [0, 0.05) is 6.54 Å². The van der Waals surface area contributed by atoms with E-state index in [4.69, 9.17) is 0 Å². The van der Waals surface area contributed by atoms with Gasteiger partial charge < -0.3 is 4.90 Å². The lowest BCUT2D eigenvalue weighted by Gasteiger charge is -2.17. The summed E-state index contributed by atoms with van der Waals surface area (Å²) in [6.45, 7) is 4.72. The second-order valence-corrected chi connectivity index (χ2v) is 4.20. The van der Waals surface area contributed by atoms with Crippen LogP contribution in [0.4, 0.5) is 0 Å². The van der Waals surface area contributed by atoms with Crippen LogP contribution in [-0.4, -0.2) is 25.0 Å². The molecule has 0 amide bonds. The fraction of sp³-hybridized carbons (Fsp3) is 0.692. The molecule has 0 radical (unpaired) electrons. The van der Waals surface area contributed by atoms with Crippen molar-refractivity contribution >= 4 is 0 Å². The van der Waals surface area contributed by atoms with E-state index < -0.39 is 0 Å². The zero-order chi connectivity index (χ0) is 10.2. The molecule has 0 aromatic rings. The van der Waals surface area contributed by atoms with Crippen molar-refractivity contribution in [1.82, 2.24) is 4.90 Å². The Kier molecular flexibility index (Phi) is 5.62. The van der Waals surface area contributed by atoms with E-state index in [9.17, 15) is 0 Å². The third-order valence-corrected chi connectivity index (χ3v) is 2.81. The van der Waals surface area contributed by atoms with Crippen LogP contribution in [-0.2, 0) is 0 Å². The lowest BCUT2D eigenvalue weighted by atomic mass is 10.0. The van der Waals surface area contributed by atoms with Crippen LogP contribution >= 0.6 is 0 Å². The minimum atomic E-state index is 1.22. The van der Waals surface area contributed by atoms with Gasteiger partial charge in [0.25, 0.3) is 0 Å².